The minimum Gasteiger partial charge on any atom is -0.488 e. The first-order chi connectivity index (χ1) is 11.5. The number of amides is 1. The highest BCUT2D eigenvalue weighted by Gasteiger charge is 2.44. The van der Waals surface area contributed by atoms with Crippen LogP contribution in [0.3, 0.4) is 0 Å². The Balaban J connectivity index is 1.47. The van der Waals surface area contributed by atoms with E-state index in [0.717, 1.165) is 10.9 Å². The molecule has 3 atom stereocenters. The Labute approximate surface area is 149 Å². The van der Waals surface area contributed by atoms with Crippen molar-refractivity contribution in [3.8, 4) is 5.75 Å². The second-order valence-corrected chi connectivity index (χ2v) is 7.07. The Morgan fingerprint density at radius 3 is 2.71 bits per heavy atom. The van der Waals surface area contributed by atoms with Crippen molar-refractivity contribution in [3.63, 3.8) is 0 Å². The number of para-hydroxylation sites is 1. The molecule has 1 aliphatic rings. The molecule has 1 fully saturated rings. The highest BCUT2D eigenvalue weighted by Crippen LogP contribution is 2.47. The van der Waals surface area contributed by atoms with Crippen LogP contribution < -0.4 is 10.1 Å². The number of ether oxygens (including phenoxy) is 1. The van der Waals surface area contributed by atoms with Gasteiger partial charge in [-0.25, -0.2) is 4.39 Å². The molecule has 24 heavy (non-hydrogen) atoms. The average Bonchev–Trinajstić information content (AvgIpc) is 3.35. The molecular formula is C19H19BrFNO2. The molecule has 0 bridgehead atoms. The van der Waals surface area contributed by atoms with Gasteiger partial charge in [0.2, 0.25) is 5.91 Å². The van der Waals surface area contributed by atoms with E-state index in [2.05, 4.69) is 21.2 Å². The summed E-state index contributed by atoms with van der Waals surface area (Å²) in [5.74, 6) is 0.152. The van der Waals surface area contributed by atoms with Crippen LogP contribution in [-0.4, -0.2) is 18.6 Å². The minimum absolute atomic E-state index is 0.0158. The van der Waals surface area contributed by atoms with Crippen LogP contribution in [0.4, 0.5) is 4.39 Å². The largest absolute Gasteiger partial charge is 0.488 e. The first kappa shape index (κ1) is 17.0. The minimum atomic E-state index is -0.395. The summed E-state index contributed by atoms with van der Waals surface area (Å²) in [6, 6.07) is 14.2. The molecule has 0 heterocycles. The van der Waals surface area contributed by atoms with Gasteiger partial charge in [0.25, 0.3) is 0 Å². The molecule has 0 spiro atoms. The van der Waals surface area contributed by atoms with E-state index in [1.165, 1.54) is 11.6 Å². The Bertz CT molecular complexity index is 720. The van der Waals surface area contributed by atoms with Crippen molar-refractivity contribution in [2.75, 3.05) is 6.61 Å². The molecule has 0 aromatic heterocycles. The number of halogens is 2. The van der Waals surface area contributed by atoms with Crippen molar-refractivity contribution in [2.24, 2.45) is 5.92 Å². The van der Waals surface area contributed by atoms with E-state index in [4.69, 9.17) is 4.74 Å². The molecule has 126 valence electrons. The monoisotopic (exact) mass is 391 g/mol. The number of benzene rings is 2. The van der Waals surface area contributed by atoms with Gasteiger partial charge in [-0.3, -0.25) is 4.79 Å². The molecule has 0 radical (unpaired) electrons. The molecule has 2 aromatic rings. The SMILES string of the molecule is CC(COc1ccccc1F)NC(=O)C1CC1c1ccc(Br)cc1. The number of hydrogen-bond donors (Lipinski definition) is 1. The molecule has 1 saturated carbocycles. The second kappa shape index (κ2) is 7.34. The molecule has 0 aliphatic heterocycles. The smallest absolute Gasteiger partial charge is 0.224 e. The maximum Gasteiger partial charge on any atom is 0.224 e. The van der Waals surface area contributed by atoms with Gasteiger partial charge >= 0.3 is 0 Å². The summed E-state index contributed by atoms with van der Waals surface area (Å²) in [5.41, 5.74) is 1.19. The van der Waals surface area contributed by atoms with Crippen LogP contribution in [0.5, 0.6) is 5.75 Å². The molecular weight excluding hydrogens is 373 g/mol. The van der Waals surface area contributed by atoms with Gasteiger partial charge in [-0.05, 0) is 49.1 Å². The first-order valence-corrected chi connectivity index (χ1v) is 8.77. The maximum atomic E-state index is 13.5. The van der Waals surface area contributed by atoms with Gasteiger partial charge in [-0.1, -0.05) is 40.2 Å². The lowest BCUT2D eigenvalue weighted by atomic mass is 10.1. The first-order valence-electron chi connectivity index (χ1n) is 7.98. The summed E-state index contributed by atoms with van der Waals surface area (Å²) >= 11 is 3.41. The van der Waals surface area contributed by atoms with Crippen LogP contribution in [0.25, 0.3) is 0 Å². The van der Waals surface area contributed by atoms with Gasteiger partial charge in [0.1, 0.15) is 6.61 Å². The predicted molar refractivity (Wildman–Crippen MR) is 94.5 cm³/mol. The maximum absolute atomic E-state index is 13.5. The highest BCUT2D eigenvalue weighted by atomic mass is 79.9. The summed E-state index contributed by atoms with van der Waals surface area (Å²) in [6.45, 7) is 2.10. The Morgan fingerprint density at radius 1 is 1.29 bits per heavy atom. The molecule has 3 nitrogen and oxygen atoms in total. The fourth-order valence-electron chi connectivity index (χ4n) is 2.73. The Kier molecular flexibility index (Phi) is 5.19. The van der Waals surface area contributed by atoms with Crippen molar-refractivity contribution in [2.45, 2.75) is 25.3 Å². The van der Waals surface area contributed by atoms with Gasteiger partial charge in [0, 0.05) is 10.4 Å². The average molecular weight is 392 g/mol. The number of hydrogen-bond acceptors (Lipinski definition) is 2. The van der Waals surface area contributed by atoms with Crippen molar-refractivity contribution in [1.29, 1.82) is 0 Å². The zero-order valence-electron chi connectivity index (χ0n) is 13.3. The van der Waals surface area contributed by atoms with E-state index in [-0.39, 0.29) is 36.1 Å². The third kappa shape index (κ3) is 4.15. The van der Waals surface area contributed by atoms with Crippen LogP contribution in [0.15, 0.2) is 53.0 Å². The van der Waals surface area contributed by atoms with Crippen LogP contribution >= 0.6 is 15.9 Å². The van der Waals surface area contributed by atoms with Crippen molar-refractivity contribution < 1.29 is 13.9 Å². The van der Waals surface area contributed by atoms with E-state index in [9.17, 15) is 9.18 Å². The predicted octanol–water partition coefficient (Wildman–Crippen LogP) is 4.28. The lowest BCUT2D eigenvalue weighted by molar-refractivity contribution is -0.123. The summed E-state index contributed by atoms with van der Waals surface area (Å²) in [7, 11) is 0. The number of rotatable bonds is 6. The number of carbonyl (C=O) groups excluding carboxylic acids is 1. The topological polar surface area (TPSA) is 38.3 Å². The van der Waals surface area contributed by atoms with E-state index in [1.54, 1.807) is 18.2 Å². The highest BCUT2D eigenvalue weighted by molar-refractivity contribution is 9.10. The third-order valence-electron chi connectivity index (χ3n) is 4.14. The number of nitrogens with one attached hydrogen (secondary N) is 1. The summed E-state index contributed by atoms with van der Waals surface area (Å²) in [5, 5.41) is 2.95. The molecule has 3 rings (SSSR count). The molecule has 1 amide bonds. The molecule has 1 N–H and O–H groups in total. The van der Waals surface area contributed by atoms with Gasteiger partial charge < -0.3 is 10.1 Å². The molecule has 0 saturated heterocycles. The quantitative estimate of drug-likeness (QED) is 0.797. The normalized spacial score (nSPS) is 20.3. The van der Waals surface area contributed by atoms with E-state index in [0.29, 0.717) is 0 Å². The van der Waals surface area contributed by atoms with Crippen molar-refractivity contribution in [3.05, 3.63) is 64.4 Å². The summed E-state index contributed by atoms with van der Waals surface area (Å²) in [4.78, 5) is 12.3. The van der Waals surface area contributed by atoms with Crippen LogP contribution in [0.2, 0.25) is 0 Å². The van der Waals surface area contributed by atoms with Gasteiger partial charge in [-0.15, -0.1) is 0 Å². The van der Waals surface area contributed by atoms with Crippen molar-refractivity contribution in [1.82, 2.24) is 5.32 Å². The van der Waals surface area contributed by atoms with Crippen LogP contribution in [0.1, 0.15) is 24.8 Å². The lowest BCUT2D eigenvalue weighted by Crippen LogP contribution is -2.38. The summed E-state index contributed by atoms with van der Waals surface area (Å²) < 4.78 is 20.0. The van der Waals surface area contributed by atoms with Gasteiger partial charge in [0.05, 0.1) is 6.04 Å². The molecule has 5 heteroatoms. The molecule has 3 unspecified atom stereocenters. The Morgan fingerprint density at radius 2 is 2.00 bits per heavy atom. The zero-order chi connectivity index (χ0) is 17.1. The van der Waals surface area contributed by atoms with Gasteiger partial charge in [-0.2, -0.15) is 0 Å². The van der Waals surface area contributed by atoms with E-state index >= 15 is 0 Å². The Hall–Kier alpha value is -1.88. The molecule has 2 aromatic carbocycles. The lowest BCUT2D eigenvalue weighted by Gasteiger charge is -2.15. The third-order valence-corrected chi connectivity index (χ3v) is 4.67. The number of carbonyl (C=O) groups is 1. The van der Waals surface area contributed by atoms with Crippen LogP contribution in [0, 0.1) is 11.7 Å². The van der Waals surface area contributed by atoms with E-state index in [1.807, 2.05) is 31.2 Å². The molecule has 1 aliphatic carbocycles. The standard InChI is InChI=1S/C19H19BrFNO2/c1-12(11-24-18-5-3-2-4-17(18)21)22-19(23)16-10-15(16)13-6-8-14(20)9-7-13/h2-9,12,15-16H,10-11H2,1H3,(H,22,23). The fraction of sp³-hybridized carbons (Fsp3) is 0.316. The summed E-state index contributed by atoms with van der Waals surface area (Å²) in [6.07, 6.45) is 0.869. The zero-order valence-corrected chi connectivity index (χ0v) is 14.9. The van der Waals surface area contributed by atoms with Gasteiger partial charge in [0.15, 0.2) is 11.6 Å². The van der Waals surface area contributed by atoms with E-state index < -0.39 is 5.82 Å². The van der Waals surface area contributed by atoms with Crippen LogP contribution in [-0.2, 0) is 4.79 Å². The fourth-order valence-corrected chi connectivity index (χ4v) is 3.00. The van der Waals surface area contributed by atoms with Crippen molar-refractivity contribution >= 4 is 21.8 Å². The second-order valence-electron chi connectivity index (χ2n) is 6.15.